The van der Waals surface area contributed by atoms with Crippen molar-refractivity contribution in [3.05, 3.63) is 17.5 Å². The van der Waals surface area contributed by atoms with Gasteiger partial charge in [0.25, 0.3) is 0 Å². The van der Waals surface area contributed by atoms with Crippen molar-refractivity contribution in [2.24, 2.45) is 0 Å². The quantitative estimate of drug-likeness (QED) is 0.707. The number of hydrogen-bond donors (Lipinski definition) is 3. The van der Waals surface area contributed by atoms with Gasteiger partial charge in [-0.25, -0.2) is 4.79 Å². The highest BCUT2D eigenvalue weighted by molar-refractivity contribution is 6.05. The first-order valence-electron chi connectivity index (χ1n) is 6.48. The van der Waals surface area contributed by atoms with Crippen LogP contribution >= 0.6 is 0 Å². The van der Waals surface area contributed by atoms with Crippen molar-refractivity contribution in [2.45, 2.75) is 32.7 Å². The minimum absolute atomic E-state index is 0.138. The number of H-pyrrole nitrogens is 1. The molecule has 1 fully saturated rings. The molecule has 1 saturated heterocycles. The van der Waals surface area contributed by atoms with Crippen LogP contribution in [-0.4, -0.2) is 35.4 Å². The molecule has 2 amide bonds. The fraction of sp³-hybridized carbons (Fsp3) is 0.462. The van der Waals surface area contributed by atoms with Crippen LogP contribution in [0.5, 0.6) is 0 Å². The van der Waals surface area contributed by atoms with Crippen LogP contribution < -0.4 is 10.6 Å². The van der Waals surface area contributed by atoms with Crippen molar-refractivity contribution in [2.75, 3.05) is 11.9 Å². The third-order valence-electron chi connectivity index (χ3n) is 3.13. The van der Waals surface area contributed by atoms with Crippen LogP contribution in [0.2, 0.25) is 0 Å². The molecule has 0 unspecified atom stereocenters. The SMILES string of the molecule is CCOC(=O)c1c(NC(=O)[C@H]2CCC(=O)N2)c[nH]c1C. The smallest absolute Gasteiger partial charge is 0.342 e. The van der Waals surface area contributed by atoms with Gasteiger partial charge in [0.15, 0.2) is 0 Å². The number of ether oxygens (including phenoxy) is 1. The molecular formula is C13H17N3O4. The third kappa shape index (κ3) is 2.81. The van der Waals surface area contributed by atoms with E-state index in [1.807, 2.05) is 0 Å². The van der Waals surface area contributed by atoms with Crippen LogP contribution in [-0.2, 0) is 14.3 Å². The van der Waals surface area contributed by atoms with Crippen molar-refractivity contribution in [1.29, 1.82) is 0 Å². The number of esters is 1. The Morgan fingerprint density at radius 1 is 1.50 bits per heavy atom. The maximum atomic E-state index is 12.0. The fourth-order valence-electron chi connectivity index (χ4n) is 2.12. The molecule has 7 heteroatoms. The topological polar surface area (TPSA) is 100 Å². The average molecular weight is 279 g/mol. The number of anilines is 1. The largest absolute Gasteiger partial charge is 0.462 e. The molecule has 1 aliphatic rings. The highest BCUT2D eigenvalue weighted by atomic mass is 16.5. The lowest BCUT2D eigenvalue weighted by Crippen LogP contribution is -2.37. The molecule has 1 aromatic rings. The molecule has 2 rings (SSSR count). The lowest BCUT2D eigenvalue weighted by atomic mass is 10.2. The van der Waals surface area contributed by atoms with E-state index in [9.17, 15) is 14.4 Å². The first-order valence-corrected chi connectivity index (χ1v) is 6.48. The highest BCUT2D eigenvalue weighted by Gasteiger charge is 2.28. The summed E-state index contributed by atoms with van der Waals surface area (Å²) in [7, 11) is 0. The maximum Gasteiger partial charge on any atom is 0.342 e. The standard InChI is InChI=1S/C13H17N3O4/c1-3-20-13(19)11-7(2)14-6-9(11)16-12(18)8-4-5-10(17)15-8/h6,8,14H,3-5H2,1-2H3,(H,15,17)(H,16,18)/t8-/m1/s1. The fourth-order valence-corrected chi connectivity index (χ4v) is 2.12. The van der Waals surface area contributed by atoms with E-state index in [0.29, 0.717) is 29.8 Å². The van der Waals surface area contributed by atoms with E-state index in [2.05, 4.69) is 15.6 Å². The highest BCUT2D eigenvalue weighted by Crippen LogP contribution is 2.21. The monoisotopic (exact) mass is 279 g/mol. The molecular weight excluding hydrogens is 262 g/mol. The molecule has 0 spiro atoms. The van der Waals surface area contributed by atoms with Crippen molar-refractivity contribution in [3.8, 4) is 0 Å². The number of carbonyl (C=O) groups is 3. The lowest BCUT2D eigenvalue weighted by molar-refractivity contribution is -0.122. The van der Waals surface area contributed by atoms with Crippen LogP contribution in [0.15, 0.2) is 6.20 Å². The van der Waals surface area contributed by atoms with Gasteiger partial charge in [-0.05, 0) is 20.3 Å². The summed E-state index contributed by atoms with van der Waals surface area (Å²) in [6.07, 6.45) is 2.34. The minimum Gasteiger partial charge on any atom is -0.462 e. The van der Waals surface area contributed by atoms with E-state index in [1.165, 1.54) is 6.20 Å². The summed E-state index contributed by atoms with van der Waals surface area (Å²) in [5.41, 5.74) is 1.30. The lowest BCUT2D eigenvalue weighted by Gasteiger charge is -2.11. The molecule has 0 aromatic carbocycles. The second kappa shape index (κ2) is 5.77. The van der Waals surface area contributed by atoms with Crippen LogP contribution in [0.3, 0.4) is 0 Å². The summed E-state index contributed by atoms with van der Waals surface area (Å²) in [5.74, 6) is -0.960. The Morgan fingerprint density at radius 3 is 2.85 bits per heavy atom. The van der Waals surface area contributed by atoms with Crippen molar-refractivity contribution in [1.82, 2.24) is 10.3 Å². The number of carbonyl (C=O) groups excluding carboxylic acids is 3. The van der Waals surface area contributed by atoms with E-state index in [-0.39, 0.29) is 18.4 Å². The van der Waals surface area contributed by atoms with Crippen molar-refractivity contribution in [3.63, 3.8) is 0 Å². The summed E-state index contributed by atoms with van der Waals surface area (Å²) in [6, 6.07) is -0.548. The van der Waals surface area contributed by atoms with Crippen molar-refractivity contribution < 1.29 is 19.1 Å². The number of aromatic nitrogens is 1. The molecule has 20 heavy (non-hydrogen) atoms. The number of nitrogens with one attached hydrogen (secondary N) is 3. The van der Waals surface area contributed by atoms with Crippen LogP contribution in [0.25, 0.3) is 0 Å². The van der Waals surface area contributed by atoms with Gasteiger partial charge in [-0.2, -0.15) is 0 Å². The zero-order valence-corrected chi connectivity index (χ0v) is 11.4. The molecule has 2 heterocycles. The average Bonchev–Trinajstić information content (AvgIpc) is 2.96. The van der Waals surface area contributed by atoms with E-state index in [4.69, 9.17) is 4.74 Å². The Labute approximate surface area is 116 Å². The Hall–Kier alpha value is -2.31. The van der Waals surface area contributed by atoms with E-state index in [1.54, 1.807) is 13.8 Å². The van der Waals surface area contributed by atoms with Crippen LogP contribution in [0.4, 0.5) is 5.69 Å². The third-order valence-corrected chi connectivity index (χ3v) is 3.13. The Morgan fingerprint density at radius 2 is 2.25 bits per heavy atom. The Balaban J connectivity index is 2.11. The van der Waals surface area contributed by atoms with Gasteiger partial charge >= 0.3 is 5.97 Å². The van der Waals surface area contributed by atoms with E-state index < -0.39 is 12.0 Å². The van der Waals surface area contributed by atoms with Gasteiger partial charge < -0.3 is 20.4 Å². The van der Waals surface area contributed by atoms with Gasteiger partial charge in [0.1, 0.15) is 11.6 Å². The normalized spacial score (nSPS) is 17.7. The minimum atomic E-state index is -0.548. The number of aryl methyl sites for hydroxylation is 1. The van der Waals surface area contributed by atoms with Gasteiger partial charge in [-0.1, -0.05) is 0 Å². The summed E-state index contributed by atoms with van der Waals surface area (Å²) < 4.78 is 4.95. The van der Waals surface area contributed by atoms with Gasteiger partial charge in [0, 0.05) is 18.3 Å². The molecule has 7 nitrogen and oxygen atoms in total. The van der Waals surface area contributed by atoms with Crippen molar-refractivity contribution >= 4 is 23.5 Å². The second-order valence-electron chi connectivity index (χ2n) is 4.57. The predicted molar refractivity (Wildman–Crippen MR) is 71.3 cm³/mol. The second-order valence-corrected chi connectivity index (χ2v) is 4.57. The molecule has 0 bridgehead atoms. The number of hydrogen-bond acceptors (Lipinski definition) is 4. The summed E-state index contributed by atoms with van der Waals surface area (Å²) in [4.78, 5) is 37.8. The van der Waals surface area contributed by atoms with Crippen LogP contribution in [0.1, 0.15) is 35.8 Å². The molecule has 1 aromatic heterocycles. The first-order chi connectivity index (χ1) is 9.52. The molecule has 0 aliphatic carbocycles. The van der Waals surface area contributed by atoms with E-state index >= 15 is 0 Å². The predicted octanol–water partition coefficient (Wildman–Crippen LogP) is 0.717. The van der Waals surface area contributed by atoms with Gasteiger partial charge in [0.05, 0.1) is 12.3 Å². The number of rotatable bonds is 4. The number of amides is 2. The summed E-state index contributed by atoms with van der Waals surface area (Å²) in [6.45, 7) is 3.70. The van der Waals surface area contributed by atoms with Gasteiger partial charge in [-0.15, -0.1) is 0 Å². The molecule has 1 atom stereocenters. The zero-order valence-electron chi connectivity index (χ0n) is 11.4. The summed E-state index contributed by atoms with van der Waals surface area (Å²) in [5, 5.41) is 5.22. The first kappa shape index (κ1) is 14.1. The molecule has 108 valence electrons. The Bertz CT molecular complexity index is 550. The Kier molecular flexibility index (Phi) is 4.07. The molecule has 1 aliphatic heterocycles. The summed E-state index contributed by atoms with van der Waals surface area (Å²) >= 11 is 0. The van der Waals surface area contributed by atoms with Gasteiger partial charge in [-0.3, -0.25) is 9.59 Å². The molecule has 3 N–H and O–H groups in total. The van der Waals surface area contributed by atoms with Gasteiger partial charge in [0.2, 0.25) is 11.8 Å². The molecule has 0 saturated carbocycles. The zero-order chi connectivity index (χ0) is 14.7. The molecule has 0 radical (unpaired) electrons. The number of aromatic amines is 1. The van der Waals surface area contributed by atoms with E-state index in [0.717, 1.165) is 0 Å². The maximum absolute atomic E-state index is 12.0. The van der Waals surface area contributed by atoms with Crippen LogP contribution in [0, 0.1) is 6.92 Å².